The molecule has 1 aliphatic rings. The van der Waals surface area contributed by atoms with Crippen molar-refractivity contribution in [1.29, 1.82) is 0 Å². The number of morpholine rings is 1. The van der Waals surface area contributed by atoms with Gasteiger partial charge in [0, 0.05) is 25.7 Å². The maximum absolute atomic E-state index is 12.6. The van der Waals surface area contributed by atoms with Gasteiger partial charge in [-0.05, 0) is 36.3 Å². The monoisotopic (exact) mass is 380 g/mol. The van der Waals surface area contributed by atoms with Crippen LogP contribution >= 0.6 is 0 Å². The molecule has 5 heteroatoms. The molecule has 0 aromatic heterocycles. The lowest BCUT2D eigenvalue weighted by molar-refractivity contribution is -0.117. The standard InChI is InChI=1S/C23H28N2O3/c1-18-6-9-20(10-7-18)22(17-25-12-14-28-15-13-25)24-23(26)11-8-19-4-3-5-21(16-19)27-2/h3-11,16,22H,12-15,17H2,1-2H3,(H,24,26)/b11-8+. The fraction of sp³-hybridized carbons (Fsp3) is 0.348. The molecule has 0 aliphatic carbocycles. The zero-order chi connectivity index (χ0) is 19.8. The highest BCUT2D eigenvalue weighted by Gasteiger charge is 2.19. The van der Waals surface area contributed by atoms with Gasteiger partial charge in [0.25, 0.3) is 0 Å². The van der Waals surface area contributed by atoms with E-state index in [2.05, 4.69) is 41.4 Å². The third-order valence-electron chi connectivity index (χ3n) is 4.86. The summed E-state index contributed by atoms with van der Waals surface area (Å²) in [5.74, 6) is 0.661. The van der Waals surface area contributed by atoms with Crippen LogP contribution in [-0.4, -0.2) is 50.8 Å². The van der Waals surface area contributed by atoms with E-state index in [0.717, 1.165) is 49.7 Å². The van der Waals surface area contributed by atoms with Gasteiger partial charge in [0.05, 0.1) is 26.4 Å². The van der Waals surface area contributed by atoms with Gasteiger partial charge in [-0.3, -0.25) is 9.69 Å². The van der Waals surface area contributed by atoms with Gasteiger partial charge in [-0.25, -0.2) is 0 Å². The third-order valence-corrected chi connectivity index (χ3v) is 4.86. The second-order valence-corrected chi connectivity index (χ2v) is 6.99. The first kappa shape index (κ1) is 20.1. The number of methoxy groups -OCH3 is 1. The van der Waals surface area contributed by atoms with Crippen LogP contribution in [0.1, 0.15) is 22.7 Å². The second kappa shape index (κ2) is 10.1. The molecule has 5 nitrogen and oxygen atoms in total. The molecular weight excluding hydrogens is 352 g/mol. The Labute approximate surface area is 167 Å². The molecule has 1 amide bonds. The zero-order valence-electron chi connectivity index (χ0n) is 16.6. The van der Waals surface area contributed by atoms with E-state index in [1.807, 2.05) is 24.3 Å². The van der Waals surface area contributed by atoms with Crippen LogP contribution in [0.3, 0.4) is 0 Å². The first-order valence-corrected chi connectivity index (χ1v) is 9.63. The maximum atomic E-state index is 12.6. The molecule has 0 bridgehead atoms. The Morgan fingerprint density at radius 2 is 1.96 bits per heavy atom. The second-order valence-electron chi connectivity index (χ2n) is 6.99. The van der Waals surface area contributed by atoms with Gasteiger partial charge in [0.1, 0.15) is 5.75 Å². The van der Waals surface area contributed by atoms with Crippen molar-refractivity contribution >= 4 is 12.0 Å². The van der Waals surface area contributed by atoms with Gasteiger partial charge in [-0.2, -0.15) is 0 Å². The van der Waals surface area contributed by atoms with Crippen molar-refractivity contribution in [2.24, 2.45) is 0 Å². The van der Waals surface area contributed by atoms with Crippen molar-refractivity contribution in [1.82, 2.24) is 10.2 Å². The van der Waals surface area contributed by atoms with Crippen molar-refractivity contribution in [3.8, 4) is 5.75 Å². The summed E-state index contributed by atoms with van der Waals surface area (Å²) in [6, 6.07) is 15.9. The molecule has 1 N–H and O–H groups in total. The first-order chi connectivity index (χ1) is 13.6. The first-order valence-electron chi connectivity index (χ1n) is 9.63. The summed E-state index contributed by atoms with van der Waals surface area (Å²) in [4.78, 5) is 14.9. The summed E-state index contributed by atoms with van der Waals surface area (Å²) in [7, 11) is 1.63. The summed E-state index contributed by atoms with van der Waals surface area (Å²) >= 11 is 0. The number of hydrogen-bond donors (Lipinski definition) is 1. The Morgan fingerprint density at radius 3 is 2.68 bits per heavy atom. The van der Waals surface area contributed by atoms with E-state index in [-0.39, 0.29) is 11.9 Å². The van der Waals surface area contributed by atoms with Crippen LogP contribution in [0.4, 0.5) is 0 Å². The Hall–Kier alpha value is -2.63. The molecule has 1 heterocycles. The Bertz CT molecular complexity index is 796. The maximum Gasteiger partial charge on any atom is 0.244 e. The quantitative estimate of drug-likeness (QED) is 0.750. The van der Waals surface area contributed by atoms with Crippen LogP contribution in [0.5, 0.6) is 5.75 Å². The number of nitrogens with zero attached hydrogens (tertiary/aromatic N) is 1. The SMILES string of the molecule is COc1cccc(/C=C/C(=O)NC(CN2CCOCC2)c2ccc(C)cc2)c1. The van der Waals surface area contributed by atoms with E-state index in [4.69, 9.17) is 9.47 Å². The molecule has 0 spiro atoms. The van der Waals surface area contributed by atoms with Crippen LogP contribution in [0.25, 0.3) is 6.08 Å². The Kier molecular flexibility index (Phi) is 7.23. The van der Waals surface area contributed by atoms with E-state index in [1.54, 1.807) is 19.3 Å². The van der Waals surface area contributed by atoms with Crippen LogP contribution < -0.4 is 10.1 Å². The van der Waals surface area contributed by atoms with E-state index in [1.165, 1.54) is 5.56 Å². The van der Waals surface area contributed by atoms with Gasteiger partial charge in [0.15, 0.2) is 0 Å². The van der Waals surface area contributed by atoms with Crippen LogP contribution in [0.15, 0.2) is 54.6 Å². The number of rotatable bonds is 7. The minimum absolute atomic E-state index is 0.0684. The summed E-state index contributed by atoms with van der Waals surface area (Å²) in [6.45, 7) is 6.09. The summed E-state index contributed by atoms with van der Waals surface area (Å²) in [6.07, 6.45) is 3.38. The van der Waals surface area contributed by atoms with Crippen molar-refractivity contribution in [3.05, 3.63) is 71.3 Å². The number of nitrogens with one attached hydrogen (secondary N) is 1. The number of amides is 1. The van der Waals surface area contributed by atoms with Gasteiger partial charge in [-0.15, -0.1) is 0 Å². The largest absolute Gasteiger partial charge is 0.497 e. The van der Waals surface area contributed by atoms with Crippen molar-refractivity contribution in [2.75, 3.05) is 40.0 Å². The Balaban J connectivity index is 1.69. The molecule has 0 radical (unpaired) electrons. The summed E-state index contributed by atoms with van der Waals surface area (Å²) in [5.41, 5.74) is 3.24. The number of carbonyl (C=O) groups is 1. The number of aryl methyl sites for hydroxylation is 1. The molecule has 2 aromatic rings. The minimum Gasteiger partial charge on any atom is -0.497 e. The van der Waals surface area contributed by atoms with Gasteiger partial charge >= 0.3 is 0 Å². The highest BCUT2D eigenvalue weighted by molar-refractivity contribution is 5.92. The van der Waals surface area contributed by atoms with Gasteiger partial charge < -0.3 is 14.8 Å². The smallest absolute Gasteiger partial charge is 0.244 e. The molecular formula is C23H28N2O3. The third kappa shape index (κ3) is 5.94. The summed E-state index contributed by atoms with van der Waals surface area (Å²) in [5, 5.41) is 3.16. The van der Waals surface area contributed by atoms with Crippen molar-refractivity contribution < 1.29 is 14.3 Å². The summed E-state index contributed by atoms with van der Waals surface area (Å²) < 4.78 is 10.7. The zero-order valence-corrected chi connectivity index (χ0v) is 16.6. The molecule has 1 fully saturated rings. The lowest BCUT2D eigenvalue weighted by atomic mass is 10.0. The molecule has 0 saturated carbocycles. The van der Waals surface area contributed by atoms with E-state index in [0.29, 0.717) is 0 Å². The predicted molar refractivity (Wildman–Crippen MR) is 111 cm³/mol. The fourth-order valence-electron chi connectivity index (χ4n) is 3.21. The van der Waals surface area contributed by atoms with E-state index in [9.17, 15) is 4.79 Å². The Morgan fingerprint density at radius 1 is 1.21 bits per heavy atom. The van der Waals surface area contributed by atoms with Crippen LogP contribution in [0.2, 0.25) is 0 Å². The minimum atomic E-state index is -0.110. The molecule has 2 aromatic carbocycles. The molecule has 3 rings (SSSR count). The molecule has 1 unspecified atom stereocenters. The highest BCUT2D eigenvalue weighted by Crippen LogP contribution is 2.17. The lowest BCUT2D eigenvalue weighted by Gasteiger charge is -2.31. The lowest BCUT2D eigenvalue weighted by Crippen LogP contribution is -2.42. The predicted octanol–water partition coefficient (Wildman–Crippen LogP) is 3.21. The van der Waals surface area contributed by atoms with Crippen molar-refractivity contribution in [3.63, 3.8) is 0 Å². The average molecular weight is 380 g/mol. The van der Waals surface area contributed by atoms with Crippen molar-refractivity contribution in [2.45, 2.75) is 13.0 Å². The fourth-order valence-corrected chi connectivity index (χ4v) is 3.21. The number of carbonyl (C=O) groups excluding carboxylic acids is 1. The topological polar surface area (TPSA) is 50.8 Å². The van der Waals surface area contributed by atoms with Gasteiger partial charge in [0.2, 0.25) is 5.91 Å². The van der Waals surface area contributed by atoms with E-state index < -0.39 is 0 Å². The van der Waals surface area contributed by atoms with Crippen LogP contribution in [-0.2, 0) is 9.53 Å². The average Bonchev–Trinajstić information content (AvgIpc) is 2.73. The number of hydrogen-bond acceptors (Lipinski definition) is 4. The number of ether oxygens (including phenoxy) is 2. The molecule has 1 aliphatic heterocycles. The van der Waals surface area contributed by atoms with Gasteiger partial charge in [-0.1, -0.05) is 42.0 Å². The van der Waals surface area contributed by atoms with Crippen LogP contribution in [0, 0.1) is 6.92 Å². The highest BCUT2D eigenvalue weighted by atomic mass is 16.5. The normalized spacial score (nSPS) is 16.1. The molecule has 1 atom stereocenters. The molecule has 1 saturated heterocycles. The van der Waals surface area contributed by atoms with E-state index >= 15 is 0 Å². The molecule has 148 valence electrons. The molecule has 28 heavy (non-hydrogen) atoms. The number of benzene rings is 2.